The number of piperazine rings is 1. The number of rotatable bonds is 5. The van der Waals surface area contributed by atoms with Crippen LogP contribution in [-0.4, -0.2) is 60.0 Å². The van der Waals surface area contributed by atoms with Gasteiger partial charge in [-0.3, -0.25) is 9.28 Å². The van der Waals surface area contributed by atoms with Gasteiger partial charge in [0, 0.05) is 49.4 Å². The molecule has 5 rings (SSSR count). The fraction of sp³-hybridized carbons (Fsp3) is 0.267. The van der Waals surface area contributed by atoms with Crippen molar-refractivity contribution < 1.29 is 18.1 Å². The van der Waals surface area contributed by atoms with Crippen LogP contribution in [0.1, 0.15) is 18.1 Å². The van der Waals surface area contributed by atoms with Gasteiger partial charge in [0.05, 0.1) is 7.05 Å². The van der Waals surface area contributed by atoms with E-state index >= 15 is 0 Å². The highest BCUT2D eigenvalue weighted by Gasteiger charge is 2.38. The van der Waals surface area contributed by atoms with Crippen molar-refractivity contribution in [3.05, 3.63) is 108 Å². The van der Waals surface area contributed by atoms with Gasteiger partial charge >= 0.3 is 0 Å². The summed E-state index contributed by atoms with van der Waals surface area (Å²) in [6.45, 7) is 5.00. The molecule has 0 N–H and O–H groups in total. The number of halogens is 2. The summed E-state index contributed by atoms with van der Waals surface area (Å²) < 4.78 is 27.6. The lowest BCUT2D eigenvalue weighted by atomic mass is 9.88. The first kappa shape index (κ1) is 24.8. The zero-order chi connectivity index (χ0) is 26.0. The fourth-order valence-electron chi connectivity index (χ4n) is 5.22. The molecule has 2 aliphatic rings. The minimum absolute atomic E-state index is 0.0359. The summed E-state index contributed by atoms with van der Waals surface area (Å²) in [5.74, 6) is 0.431. The Balaban J connectivity index is 1.41. The zero-order valence-electron chi connectivity index (χ0n) is 21.1. The van der Waals surface area contributed by atoms with Crippen LogP contribution < -0.4 is 4.90 Å². The summed E-state index contributed by atoms with van der Waals surface area (Å²) >= 11 is 0. The highest BCUT2D eigenvalue weighted by Crippen LogP contribution is 2.39. The number of allylic oxidation sites excluding steroid dienone is 2. The highest BCUT2D eigenvalue weighted by atomic mass is 19.1. The van der Waals surface area contributed by atoms with Crippen molar-refractivity contribution in [2.75, 3.05) is 44.7 Å². The van der Waals surface area contributed by atoms with E-state index in [1.165, 1.54) is 24.3 Å². The van der Waals surface area contributed by atoms with Crippen molar-refractivity contribution in [3.63, 3.8) is 0 Å². The van der Waals surface area contributed by atoms with E-state index in [4.69, 9.17) is 0 Å². The van der Waals surface area contributed by atoms with Crippen molar-refractivity contribution >= 4 is 23.0 Å². The quantitative estimate of drug-likeness (QED) is 0.452. The maximum Gasteiger partial charge on any atom is 0.278 e. The molecular weight excluding hydrogens is 470 g/mol. The Morgan fingerprint density at radius 1 is 0.919 bits per heavy atom. The standard InChI is InChI=1S/C30H31F2N4O/c1-22-19-28(24-8-12-26(32)13-9-24)36(2,20-27(22)23-6-10-25(31)11-7-23)21-30(37)35-17-15-34(16-18-35)29-5-3-4-14-33-29/h3-14,19-20,22H,15-18,21H2,1-2H3/q+1. The molecule has 2 aromatic carbocycles. The molecule has 0 bridgehead atoms. The normalized spacial score (nSPS) is 21.9. The number of benzene rings is 2. The zero-order valence-corrected chi connectivity index (χ0v) is 21.1. The Morgan fingerprint density at radius 2 is 1.54 bits per heavy atom. The van der Waals surface area contributed by atoms with Gasteiger partial charge in [-0.2, -0.15) is 0 Å². The van der Waals surface area contributed by atoms with Crippen LogP contribution in [0.5, 0.6) is 0 Å². The average Bonchev–Trinajstić information content (AvgIpc) is 2.91. The van der Waals surface area contributed by atoms with Gasteiger partial charge < -0.3 is 9.80 Å². The van der Waals surface area contributed by atoms with Crippen LogP contribution in [0.3, 0.4) is 0 Å². The van der Waals surface area contributed by atoms with Gasteiger partial charge in [0.2, 0.25) is 0 Å². The first-order chi connectivity index (χ1) is 17.8. The summed E-state index contributed by atoms with van der Waals surface area (Å²) in [5.41, 5.74) is 3.77. The van der Waals surface area contributed by atoms with Crippen LogP contribution in [-0.2, 0) is 4.79 Å². The molecule has 2 aliphatic heterocycles. The maximum atomic E-state index is 13.7. The lowest BCUT2D eigenvalue weighted by Gasteiger charge is -2.40. The van der Waals surface area contributed by atoms with Gasteiger partial charge in [0.1, 0.15) is 29.3 Å². The van der Waals surface area contributed by atoms with Gasteiger partial charge in [-0.1, -0.05) is 25.1 Å². The molecule has 3 aromatic rings. The molecule has 1 aromatic heterocycles. The van der Waals surface area contributed by atoms with Crippen LogP contribution in [0.15, 0.2) is 85.2 Å². The first-order valence-electron chi connectivity index (χ1n) is 12.6. The van der Waals surface area contributed by atoms with E-state index in [9.17, 15) is 13.6 Å². The lowest BCUT2D eigenvalue weighted by Crippen LogP contribution is -2.54. The molecule has 5 nitrogen and oxygen atoms in total. The first-order valence-corrected chi connectivity index (χ1v) is 12.6. The van der Waals surface area contributed by atoms with E-state index in [0.717, 1.165) is 41.3 Å². The van der Waals surface area contributed by atoms with Gasteiger partial charge in [-0.05, 0) is 60.2 Å². The van der Waals surface area contributed by atoms with Crippen molar-refractivity contribution in [2.24, 2.45) is 5.92 Å². The molecule has 1 saturated heterocycles. The predicted octanol–water partition coefficient (Wildman–Crippen LogP) is 5.19. The Morgan fingerprint density at radius 3 is 2.14 bits per heavy atom. The average molecular weight is 502 g/mol. The molecule has 2 atom stereocenters. The molecule has 0 radical (unpaired) electrons. The van der Waals surface area contributed by atoms with E-state index in [2.05, 4.69) is 29.1 Å². The third-order valence-electron chi connectivity index (χ3n) is 7.26. The molecule has 3 heterocycles. The third-order valence-corrected chi connectivity index (χ3v) is 7.26. The van der Waals surface area contributed by atoms with Gasteiger partial charge in [0.15, 0.2) is 6.54 Å². The number of hydrogen-bond acceptors (Lipinski definition) is 3. The summed E-state index contributed by atoms with van der Waals surface area (Å²) in [7, 11) is 2.01. The summed E-state index contributed by atoms with van der Waals surface area (Å²) in [4.78, 5) is 22.2. The number of nitrogens with zero attached hydrogens (tertiary/aromatic N) is 4. The van der Waals surface area contributed by atoms with Crippen molar-refractivity contribution in [3.8, 4) is 0 Å². The molecule has 1 amide bonds. The molecule has 0 aliphatic carbocycles. The van der Waals surface area contributed by atoms with Crippen LogP contribution in [0, 0.1) is 17.6 Å². The largest absolute Gasteiger partial charge is 0.353 e. The van der Waals surface area contributed by atoms with Crippen molar-refractivity contribution in [1.29, 1.82) is 0 Å². The SMILES string of the molecule is CC1C=C(c2ccc(F)cc2)[N+](C)(CC(=O)N2CCN(c3ccccn3)CC2)C=C1c1ccc(F)cc1. The number of carbonyl (C=O) groups is 1. The smallest absolute Gasteiger partial charge is 0.278 e. The van der Waals surface area contributed by atoms with Crippen LogP contribution in [0.25, 0.3) is 11.3 Å². The summed E-state index contributed by atoms with van der Waals surface area (Å²) in [6.07, 6.45) is 6.01. The monoisotopic (exact) mass is 501 g/mol. The van der Waals surface area contributed by atoms with Crippen LogP contribution in [0.4, 0.5) is 14.6 Å². The molecular formula is C30H31F2N4O+. The number of amides is 1. The second-order valence-corrected chi connectivity index (χ2v) is 9.92. The Bertz CT molecular complexity index is 1310. The topological polar surface area (TPSA) is 36.4 Å². The molecule has 0 spiro atoms. The van der Waals surface area contributed by atoms with Crippen molar-refractivity contribution in [2.45, 2.75) is 6.92 Å². The Hall–Kier alpha value is -3.84. The number of pyridine rings is 1. The van der Waals surface area contributed by atoms with Crippen LogP contribution >= 0.6 is 0 Å². The van der Waals surface area contributed by atoms with E-state index < -0.39 is 0 Å². The third kappa shape index (κ3) is 5.32. The maximum absolute atomic E-state index is 13.7. The molecule has 37 heavy (non-hydrogen) atoms. The summed E-state index contributed by atoms with van der Waals surface area (Å²) in [5, 5.41) is 0. The number of likely N-dealkylation sites (N-methyl/N-ethyl adjacent to an activating group) is 1. The van der Waals surface area contributed by atoms with E-state index in [1.807, 2.05) is 30.1 Å². The second kappa shape index (κ2) is 10.3. The minimum atomic E-state index is -0.299. The predicted molar refractivity (Wildman–Crippen MR) is 142 cm³/mol. The minimum Gasteiger partial charge on any atom is -0.353 e. The molecule has 0 saturated carbocycles. The van der Waals surface area contributed by atoms with E-state index in [0.29, 0.717) is 13.1 Å². The molecule has 1 fully saturated rings. The summed E-state index contributed by atoms with van der Waals surface area (Å²) in [6, 6.07) is 18.7. The number of hydrogen-bond donors (Lipinski definition) is 0. The van der Waals surface area contributed by atoms with E-state index in [1.54, 1.807) is 30.5 Å². The van der Waals surface area contributed by atoms with Crippen molar-refractivity contribution in [1.82, 2.24) is 9.88 Å². The van der Waals surface area contributed by atoms with Gasteiger partial charge in [0.25, 0.3) is 5.91 Å². The van der Waals surface area contributed by atoms with Gasteiger partial charge in [-0.15, -0.1) is 0 Å². The molecule has 2 unspecified atom stereocenters. The van der Waals surface area contributed by atoms with Gasteiger partial charge in [-0.25, -0.2) is 13.8 Å². The Kier molecular flexibility index (Phi) is 6.89. The number of carbonyl (C=O) groups excluding carboxylic acids is 1. The highest BCUT2D eigenvalue weighted by molar-refractivity contribution is 5.81. The lowest BCUT2D eigenvalue weighted by molar-refractivity contribution is -0.777. The molecule has 190 valence electrons. The molecule has 7 heteroatoms. The number of aromatic nitrogens is 1. The van der Waals surface area contributed by atoms with Crippen LogP contribution in [0.2, 0.25) is 0 Å². The fourth-order valence-corrected chi connectivity index (χ4v) is 5.22. The second-order valence-electron chi connectivity index (χ2n) is 9.92. The van der Waals surface area contributed by atoms with E-state index in [-0.39, 0.29) is 34.5 Å². The Labute approximate surface area is 216 Å². The number of quaternary nitrogens is 1. The number of anilines is 1.